The van der Waals surface area contributed by atoms with E-state index >= 15 is 0 Å². The number of nitrogens with zero attached hydrogens (tertiary/aromatic N) is 1. The molecule has 0 bridgehead atoms. The number of phenolic OH excluding ortho intramolecular Hbond substituents is 1. The number of aromatic amines is 1. The van der Waals surface area contributed by atoms with Crippen molar-refractivity contribution in [3.8, 4) is 5.75 Å². The van der Waals surface area contributed by atoms with Crippen LogP contribution in [-0.2, 0) is 6.42 Å². The number of nitrogens with one attached hydrogen (secondary N) is 2. The van der Waals surface area contributed by atoms with Gasteiger partial charge in [0, 0.05) is 10.0 Å². The molecule has 1 aromatic carbocycles. The molecule has 94 valence electrons. The minimum absolute atomic E-state index is 0.0700. The molecule has 3 N–H and O–H groups in total. The number of hydrogen-bond acceptors (Lipinski definition) is 3. The van der Waals surface area contributed by atoms with E-state index in [4.69, 9.17) is 0 Å². The summed E-state index contributed by atoms with van der Waals surface area (Å²) in [7, 11) is 0. The third-order valence-electron chi connectivity index (χ3n) is 2.54. The van der Waals surface area contributed by atoms with Crippen LogP contribution in [0.25, 0.3) is 0 Å². The summed E-state index contributed by atoms with van der Waals surface area (Å²) in [4.78, 5) is 12.0. The molecule has 0 radical (unpaired) electrons. The summed E-state index contributed by atoms with van der Waals surface area (Å²) < 4.78 is 0.715. The number of aromatic nitrogens is 2. The molecule has 1 amide bonds. The van der Waals surface area contributed by atoms with Gasteiger partial charge in [-0.25, -0.2) is 0 Å². The van der Waals surface area contributed by atoms with Crippen molar-refractivity contribution in [1.29, 1.82) is 0 Å². The van der Waals surface area contributed by atoms with Crippen LogP contribution in [0.1, 0.15) is 22.8 Å². The van der Waals surface area contributed by atoms with Crippen molar-refractivity contribution in [3.63, 3.8) is 0 Å². The Morgan fingerprint density at radius 3 is 3.00 bits per heavy atom. The number of aromatic hydroxyl groups is 1. The predicted molar refractivity (Wildman–Crippen MR) is 71.7 cm³/mol. The number of phenols is 1. The number of aryl methyl sites for hydroxylation is 1. The summed E-state index contributed by atoms with van der Waals surface area (Å²) in [5, 5.41) is 19.0. The number of carbonyl (C=O) groups excluding carboxylic acids is 1. The summed E-state index contributed by atoms with van der Waals surface area (Å²) >= 11 is 3.22. The average Bonchev–Trinajstić information content (AvgIpc) is 2.76. The molecule has 0 atom stereocenters. The Kier molecular flexibility index (Phi) is 3.66. The van der Waals surface area contributed by atoms with Gasteiger partial charge in [0.2, 0.25) is 0 Å². The molecule has 0 fully saturated rings. The molecule has 0 spiro atoms. The van der Waals surface area contributed by atoms with Crippen molar-refractivity contribution in [2.24, 2.45) is 0 Å². The Bertz CT molecular complexity index is 580. The zero-order valence-electron chi connectivity index (χ0n) is 9.70. The Hall–Kier alpha value is -1.82. The van der Waals surface area contributed by atoms with Crippen LogP contribution in [-0.4, -0.2) is 21.2 Å². The fourth-order valence-electron chi connectivity index (χ4n) is 1.57. The molecule has 0 saturated carbocycles. The number of H-pyrrole nitrogens is 1. The van der Waals surface area contributed by atoms with Gasteiger partial charge in [0.25, 0.3) is 5.91 Å². The van der Waals surface area contributed by atoms with Crippen molar-refractivity contribution >= 4 is 27.7 Å². The van der Waals surface area contributed by atoms with Crippen LogP contribution in [0.3, 0.4) is 0 Å². The molecule has 5 nitrogen and oxygen atoms in total. The highest BCUT2D eigenvalue weighted by Gasteiger charge is 2.13. The van der Waals surface area contributed by atoms with Gasteiger partial charge in [0.15, 0.2) is 0 Å². The van der Waals surface area contributed by atoms with E-state index in [1.807, 2.05) is 6.92 Å². The van der Waals surface area contributed by atoms with E-state index < -0.39 is 0 Å². The average molecular weight is 310 g/mol. The lowest BCUT2D eigenvalue weighted by atomic mass is 10.2. The number of anilines is 1. The largest absolute Gasteiger partial charge is 0.507 e. The zero-order chi connectivity index (χ0) is 13.1. The molecule has 0 saturated heterocycles. The minimum Gasteiger partial charge on any atom is -0.507 e. The van der Waals surface area contributed by atoms with Gasteiger partial charge in [-0.3, -0.25) is 9.89 Å². The number of rotatable bonds is 3. The zero-order valence-corrected chi connectivity index (χ0v) is 11.3. The normalized spacial score (nSPS) is 10.3. The smallest absolute Gasteiger partial charge is 0.260 e. The number of amides is 1. The summed E-state index contributed by atoms with van der Waals surface area (Å²) in [6, 6.07) is 4.72. The fraction of sp³-hybridized carbons (Fsp3) is 0.167. The molecule has 0 aliphatic heterocycles. The van der Waals surface area contributed by atoms with Crippen LogP contribution in [0.15, 0.2) is 28.9 Å². The van der Waals surface area contributed by atoms with Crippen molar-refractivity contribution in [3.05, 3.63) is 40.0 Å². The van der Waals surface area contributed by atoms with Gasteiger partial charge in [-0.15, -0.1) is 0 Å². The van der Waals surface area contributed by atoms with Gasteiger partial charge in [-0.2, -0.15) is 5.10 Å². The molecule has 0 aliphatic rings. The second kappa shape index (κ2) is 5.22. The fourth-order valence-corrected chi connectivity index (χ4v) is 1.91. The van der Waals surface area contributed by atoms with Crippen LogP contribution in [0.2, 0.25) is 0 Å². The highest BCUT2D eigenvalue weighted by molar-refractivity contribution is 9.10. The molecule has 1 aromatic heterocycles. The third-order valence-corrected chi connectivity index (χ3v) is 3.03. The summed E-state index contributed by atoms with van der Waals surface area (Å²) in [5.41, 5.74) is 1.13. The Labute approximate surface area is 112 Å². The van der Waals surface area contributed by atoms with Crippen molar-refractivity contribution in [2.75, 3.05) is 5.32 Å². The van der Waals surface area contributed by atoms with Gasteiger partial charge >= 0.3 is 0 Å². The Morgan fingerprint density at radius 2 is 2.33 bits per heavy atom. The summed E-state index contributed by atoms with van der Waals surface area (Å²) in [5.74, 6) is 0.114. The molecular formula is C12H12BrN3O2. The number of halogens is 1. The van der Waals surface area contributed by atoms with Crippen molar-refractivity contribution in [2.45, 2.75) is 13.3 Å². The predicted octanol–water partition coefficient (Wildman–Crippen LogP) is 2.69. The maximum absolute atomic E-state index is 12.0. The summed E-state index contributed by atoms with van der Waals surface area (Å²) in [6.07, 6.45) is 2.43. The molecule has 18 heavy (non-hydrogen) atoms. The first-order valence-electron chi connectivity index (χ1n) is 5.44. The van der Waals surface area contributed by atoms with Crippen LogP contribution < -0.4 is 5.32 Å². The van der Waals surface area contributed by atoms with Gasteiger partial charge < -0.3 is 10.4 Å². The summed E-state index contributed by atoms with van der Waals surface area (Å²) in [6.45, 7) is 1.97. The van der Waals surface area contributed by atoms with E-state index in [1.165, 1.54) is 6.07 Å². The second-order valence-corrected chi connectivity index (χ2v) is 4.66. The van der Waals surface area contributed by atoms with E-state index in [0.29, 0.717) is 10.3 Å². The van der Waals surface area contributed by atoms with Crippen LogP contribution >= 0.6 is 15.9 Å². The van der Waals surface area contributed by atoms with Crippen LogP contribution in [0, 0.1) is 0 Å². The van der Waals surface area contributed by atoms with Gasteiger partial charge in [-0.05, 0) is 24.6 Å². The maximum Gasteiger partial charge on any atom is 0.260 e. The van der Waals surface area contributed by atoms with Crippen molar-refractivity contribution in [1.82, 2.24) is 10.2 Å². The quantitative estimate of drug-likeness (QED) is 0.815. The first-order chi connectivity index (χ1) is 8.61. The monoisotopic (exact) mass is 309 g/mol. The highest BCUT2D eigenvalue weighted by Crippen LogP contribution is 2.23. The topological polar surface area (TPSA) is 78.0 Å². The highest BCUT2D eigenvalue weighted by atomic mass is 79.9. The first-order valence-corrected chi connectivity index (χ1v) is 6.23. The third kappa shape index (κ3) is 2.53. The lowest BCUT2D eigenvalue weighted by Crippen LogP contribution is -2.13. The van der Waals surface area contributed by atoms with E-state index in [9.17, 15) is 9.90 Å². The molecular weight excluding hydrogens is 298 g/mol. The molecule has 0 aliphatic carbocycles. The first kappa shape index (κ1) is 12.6. The number of benzene rings is 1. The molecule has 6 heteroatoms. The van der Waals surface area contributed by atoms with E-state index in [1.54, 1.807) is 18.3 Å². The standard InChI is InChI=1S/C12H12BrN3O2/c1-2-7-6-14-16-11(7)15-12(18)9-4-3-8(13)5-10(9)17/h3-6,17H,2H2,1H3,(H2,14,15,16,18). The van der Waals surface area contributed by atoms with E-state index in [2.05, 4.69) is 31.4 Å². The van der Waals surface area contributed by atoms with Gasteiger partial charge in [-0.1, -0.05) is 22.9 Å². The molecule has 2 aromatic rings. The van der Waals surface area contributed by atoms with Gasteiger partial charge in [0.05, 0.1) is 11.8 Å². The minimum atomic E-state index is -0.376. The van der Waals surface area contributed by atoms with Crippen LogP contribution in [0.5, 0.6) is 5.75 Å². The van der Waals surface area contributed by atoms with Crippen molar-refractivity contribution < 1.29 is 9.90 Å². The SMILES string of the molecule is CCc1cn[nH]c1NC(=O)c1ccc(Br)cc1O. The molecule has 1 heterocycles. The van der Waals surface area contributed by atoms with E-state index in [0.717, 1.165) is 12.0 Å². The number of hydrogen-bond donors (Lipinski definition) is 3. The molecule has 0 unspecified atom stereocenters. The van der Waals surface area contributed by atoms with E-state index in [-0.39, 0.29) is 17.2 Å². The van der Waals surface area contributed by atoms with Gasteiger partial charge in [0.1, 0.15) is 11.6 Å². The Morgan fingerprint density at radius 1 is 1.56 bits per heavy atom. The van der Waals surface area contributed by atoms with Crippen LogP contribution in [0.4, 0.5) is 5.82 Å². The molecule has 2 rings (SSSR count). The number of carbonyl (C=O) groups is 1. The lowest BCUT2D eigenvalue weighted by molar-refractivity contribution is 0.102. The maximum atomic E-state index is 12.0. The Balaban J connectivity index is 2.22. The second-order valence-electron chi connectivity index (χ2n) is 3.74. The lowest BCUT2D eigenvalue weighted by Gasteiger charge is -2.06.